The Labute approximate surface area is 123 Å². The van der Waals surface area contributed by atoms with Crippen LogP contribution >= 0.6 is 11.3 Å². The number of thiophene rings is 1. The predicted octanol–water partition coefficient (Wildman–Crippen LogP) is 3.91. The number of imidazole rings is 1. The van der Waals surface area contributed by atoms with Crippen molar-refractivity contribution in [3.63, 3.8) is 0 Å². The molecule has 3 aromatic heterocycles. The Hall–Kier alpha value is -2.66. The minimum Gasteiger partial charge on any atom is -0.478 e. The van der Waals surface area contributed by atoms with Gasteiger partial charge >= 0.3 is 5.97 Å². The van der Waals surface area contributed by atoms with Crippen LogP contribution in [0.4, 0.5) is 0 Å². The molecule has 102 valence electrons. The molecule has 4 aromatic rings. The van der Waals surface area contributed by atoms with E-state index >= 15 is 0 Å². The van der Waals surface area contributed by atoms with Crippen LogP contribution in [0.1, 0.15) is 10.4 Å². The quantitative estimate of drug-likeness (QED) is 0.609. The molecular weight excluding hydrogens is 284 g/mol. The lowest BCUT2D eigenvalue weighted by molar-refractivity contribution is 0.0697. The molecule has 4 nitrogen and oxygen atoms in total. The highest BCUT2D eigenvalue weighted by molar-refractivity contribution is 7.22. The summed E-state index contributed by atoms with van der Waals surface area (Å²) in [6.07, 6.45) is 3.65. The van der Waals surface area contributed by atoms with Gasteiger partial charge in [-0.25, -0.2) is 9.78 Å². The third kappa shape index (κ3) is 1.98. The van der Waals surface area contributed by atoms with Crippen LogP contribution in [-0.2, 0) is 0 Å². The second-order valence-corrected chi connectivity index (χ2v) is 5.84. The molecular formula is C16H10N2O2S. The minimum absolute atomic E-state index is 0.246. The Kier molecular flexibility index (Phi) is 2.55. The Morgan fingerprint density at radius 1 is 1.19 bits per heavy atom. The number of carboxylic acid groups (broad SMARTS) is 1. The topological polar surface area (TPSA) is 54.6 Å². The number of carbonyl (C=O) groups is 1. The lowest BCUT2D eigenvalue weighted by Crippen LogP contribution is -1.96. The maximum absolute atomic E-state index is 11.0. The van der Waals surface area contributed by atoms with Crippen LogP contribution in [0.3, 0.4) is 0 Å². The van der Waals surface area contributed by atoms with Crippen molar-refractivity contribution in [1.82, 2.24) is 9.38 Å². The van der Waals surface area contributed by atoms with Crippen LogP contribution in [0.25, 0.3) is 26.3 Å². The summed E-state index contributed by atoms with van der Waals surface area (Å²) in [6, 6.07) is 13.5. The van der Waals surface area contributed by atoms with Crippen LogP contribution in [-0.4, -0.2) is 20.5 Å². The molecule has 0 saturated heterocycles. The van der Waals surface area contributed by atoms with Crippen LogP contribution < -0.4 is 0 Å². The molecule has 0 bridgehead atoms. The number of aromatic nitrogens is 2. The van der Waals surface area contributed by atoms with Crippen molar-refractivity contribution >= 4 is 33.0 Å². The van der Waals surface area contributed by atoms with Crippen molar-refractivity contribution in [2.75, 3.05) is 0 Å². The van der Waals surface area contributed by atoms with Crippen LogP contribution in [0, 0.1) is 0 Å². The zero-order valence-corrected chi connectivity index (χ0v) is 11.7. The minimum atomic E-state index is -0.941. The fourth-order valence-corrected chi connectivity index (χ4v) is 3.36. The van der Waals surface area contributed by atoms with Crippen molar-refractivity contribution in [1.29, 1.82) is 0 Å². The molecule has 0 aliphatic heterocycles. The van der Waals surface area contributed by atoms with E-state index in [4.69, 9.17) is 5.11 Å². The first-order chi connectivity index (χ1) is 10.2. The molecule has 1 N–H and O–H groups in total. The third-order valence-electron chi connectivity index (χ3n) is 3.39. The van der Waals surface area contributed by atoms with E-state index in [1.165, 1.54) is 10.1 Å². The molecule has 4 rings (SSSR count). The molecule has 0 spiro atoms. The normalized spacial score (nSPS) is 11.2. The average molecular weight is 294 g/mol. The van der Waals surface area contributed by atoms with E-state index in [0.717, 1.165) is 10.6 Å². The van der Waals surface area contributed by atoms with Crippen molar-refractivity contribution in [2.45, 2.75) is 0 Å². The maximum Gasteiger partial charge on any atom is 0.335 e. The van der Waals surface area contributed by atoms with Crippen molar-refractivity contribution in [3.05, 3.63) is 60.4 Å². The molecule has 0 amide bonds. The average Bonchev–Trinajstić information content (AvgIpc) is 3.09. The molecule has 1 aromatic carbocycles. The molecule has 0 fully saturated rings. The molecule has 0 aliphatic rings. The van der Waals surface area contributed by atoms with Crippen molar-refractivity contribution in [3.8, 4) is 10.6 Å². The Balaban J connectivity index is 1.87. The van der Waals surface area contributed by atoms with E-state index in [9.17, 15) is 4.79 Å². The van der Waals surface area contributed by atoms with Gasteiger partial charge in [0.25, 0.3) is 0 Å². The number of benzene rings is 1. The molecule has 0 atom stereocenters. The van der Waals surface area contributed by atoms with E-state index in [-0.39, 0.29) is 5.56 Å². The van der Waals surface area contributed by atoms with Gasteiger partial charge in [0.05, 0.1) is 16.1 Å². The summed E-state index contributed by atoms with van der Waals surface area (Å²) in [4.78, 5) is 16.6. The monoisotopic (exact) mass is 294 g/mol. The number of hydrogen-bond acceptors (Lipinski definition) is 3. The SMILES string of the molecule is O=C(O)c1ccn2cc(-c3cc4ccccc4s3)nc2c1. The predicted molar refractivity (Wildman–Crippen MR) is 83.0 cm³/mol. The van der Waals surface area contributed by atoms with E-state index in [1.54, 1.807) is 29.7 Å². The van der Waals surface area contributed by atoms with Gasteiger partial charge in [-0.15, -0.1) is 11.3 Å². The second-order valence-electron chi connectivity index (χ2n) is 4.76. The fourth-order valence-electron chi connectivity index (χ4n) is 2.34. The van der Waals surface area contributed by atoms with Gasteiger partial charge in [0.2, 0.25) is 0 Å². The van der Waals surface area contributed by atoms with Crippen LogP contribution in [0.15, 0.2) is 54.9 Å². The van der Waals surface area contributed by atoms with Gasteiger partial charge in [0.15, 0.2) is 0 Å². The number of hydrogen-bond donors (Lipinski definition) is 1. The standard InChI is InChI=1S/C16H10N2O2S/c19-16(20)11-5-6-18-9-12(17-15(18)8-11)14-7-10-3-1-2-4-13(10)21-14/h1-9H,(H,19,20). The first-order valence-corrected chi connectivity index (χ1v) is 7.23. The van der Waals surface area contributed by atoms with Crippen molar-refractivity contribution < 1.29 is 9.90 Å². The van der Waals surface area contributed by atoms with Gasteiger partial charge in [0.1, 0.15) is 5.65 Å². The number of aromatic carboxylic acids is 1. The first kappa shape index (κ1) is 12.1. The van der Waals surface area contributed by atoms with Crippen LogP contribution in [0.5, 0.6) is 0 Å². The lowest BCUT2D eigenvalue weighted by Gasteiger charge is -1.94. The van der Waals surface area contributed by atoms with E-state index in [0.29, 0.717) is 5.65 Å². The highest BCUT2D eigenvalue weighted by Gasteiger charge is 2.10. The summed E-state index contributed by atoms with van der Waals surface area (Å²) in [7, 11) is 0. The molecule has 21 heavy (non-hydrogen) atoms. The first-order valence-electron chi connectivity index (χ1n) is 6.42. The molecule has 0 unspecified atom stereocenters. The molecule has 5 heteroatoms. The van der Waals surface area contributed by atoms with Gasteiger partial charge in [-0.05, 0) is 29.7 Å². The van der Waals surface area contributed by atoms with E-state index in [1.807, 2.05) is 22.7 Å². The van der Waals surface area contributed by atoms with E-state index in [2.05, 4.69) is 23.2 Å². The summed E-state index contributed by atoms with van der Waals surface area (Å²) >= 11 is 1.68. The highest BCUT2D eigenvalue weighted by atomic mass is 32.1. The zero-order chi connectivity index (χ0) is 14.4. The highest BCUT2D eigenvalue weighted by Crippen LogP contribution is 2.32. The zero-order valence-electron chi connectivity index (χ0n) is 10.9. The largest absolute Gasteiger partial charge is 0.478 e. The number of nitrogens with zero attached hydrogens (tertiary/aromatic N) is 2. The Morgan fingerprint density at radius 3 is 2.86 bits per heavy atom. The lowest BCUT2D eigenvalue weighted by atomic mass is 10.2. The Morgan fingerprint density at radius 2 is 2.05 bits per heavy atom. The Bertz CT molecular complexity index is 951. The summed E-state index contributed by atoms with van der Waals surface area (Å²) < 4.78 is 3.06. The molecule has 3 heterocycles. The third-order valence-corrected chi connectivity index (χ3v) is 4.52. The van der Waals surface area contributed by atoms with Crippen molar-refractivity contribution in [2.24, 2.45) is 0 Å². The number of carboxylic acids is 1. The van der Waals surface area contributed by atoms with Gasteiger partial charge in [0, 0.05) is 17.1 Å². The summed E-state index contributed by atoms with van der Waals surface area (Å²) in [6.45, 7) is 0. The molecule has 0 saturated carbocycles. The summed E-state index contributed by atoms with van der Waals surface area (Å²) in [5.74, 6) is -0.941. The smallest absolute Gasteiger partial charge is 0.335 e. The number of pyridine rings is 1. The van der Waals surface area contributed by atoms with Gasteiger partial charge in [-0.1, -0.05) is 18.2 Å². The second kappa shape index (κ2) is 4.43. The number of fused-ring (bicyclic) bond motifs is 2. The van der Waals surface area contributed by atoms with Gasteiger partial charge < -0.3 is 9.51 Å². The van der Waals surface area contributed by atoms with Crippen LogP contribution in [0.2, 0.25) is 0 Å². The van der Waals surface area contributed by atoms with E-state index < -0.39 is 5.97 Å². The molecule has 0 aliphatic carbocycles. The van der Waals surface area contributed by atoms with Gasteiger partial charge in [-0.3, -0.25) is 0 Å². The van der Waals surface area contributed by atoms with Gasteiger partial charge in [-0.2, -0.15) is 0 Å². The summed E-state index contributed by atoms with van der Waals surface area (Å²) in [5.41, 5.74) is 1.75. The fraction of sp³-hybridized carbons (Fsp3) is 0. The molecule has 0 radical (unpaired) electrons. The maximum atomic E-state index is 11.0. The number of rotatable bonds is 2. The summed E-state index contributed by atoms with van der Waals surface area (Å²) in [5, 5.41) is 10.2.